The second kappa shape index (κ2) is 5.50. The molecule has 0 aliphatic carbocycles. The van der Waals surface area contributed by atoms with Crippen LogP contribution in [0.1, 0.15) is 23.5 Å². The largest absolute Gasteiger partial charge is 0.395 e. The number of anilines is 1. The van der Waals surface area contributed by atoms with Crippen molar-refractivity contribution in [3.8, 4) is 0 Å². The Kier molecular flexibility index (Phi) is 3.35. The van der Waals surface area contributed by atoms with Crippen LogP contribution in [0.25, 0.3) is 5.70 Å². The molecule has 4 rings (SSSR count). The summed E-state index contributed by atoms with van der Waals surface area (Å²) in [4.78, 5) is 2.31. The van der Waals surface area contributed by atoms with Crippen LogP contribution in [0.15, 0.2) is 60.3 Å². The van der Waals surface area contributed by atoms with Crippen molar-refractivity contribution >= 4 is 11.4 Å². The fourth-order valence-electron chi connectivity index (χ4n) is 3.67. The Morgan fingerprint density at radius 2 is 1.82 bits per heavy atom. The number of hydrogen-bond acceptors (Lipinski definition) is 3. The number of nitrogens with zero attached hydrogens (tertiary/aromatic N) is 1. The molecule has 0 fully saturated rings. The third kappa shape index (κ3) is 2.09. The lowest BCUT2D eigenvalue weighted by Crippen LogP contribution is -2.33. The van der Waals surface area contributed by atoms with E-state index in [0.717, 1.165) is 13.0 Å². The Morgan fingerprint density at radius 3 is 2.64 bits per heavy atom. The van der Waals surface area contributed by atoms with Crippen molar-refractivity contribution < 1.29 is 5.11 Å². The molecule has 0 spiro atoms. The number of benzene rings is 2. The predicted octanol–water partition coefficient (Wildman–Crippen LogP) is 3.26. The van der Waals surface area contributed by atoms with Crippen LogP contribution in [0.5, 0.6) is 0 Å². The van der Waals surface area contributed by atoms with E-state index in [-0.39, 0.29) is 6.61 Å². The van der Waals surface area contributed by atoms with Gasteiger partial charge in [-0.05, 0) is 23.6 Å². The summed E-state index contributed by atoms with van der Waals surface area (Å²) in [7, 11) is 0. The number of nitrogens with one attached hydrogen (secondary N) is 1. The molecule has 2 heterocycles. The average molecular weight is 292 g/mol. The van der Waals surface area contributed by atoms with Crippen LogP contribution in [-0.4, -0.2) is 29.7 Å². The van der Waals surface area contributed by atoms with Gasteiger partial charge in [-0.15, -0.1) is 0 Å². The minimum atomic E-state index is 0.182. The summed E-state index contributed by atoms with van der Waals surface area (Å²) in [6.45, 7) is 1.84. The van der Waals surface area contributed by atoms with Gasteiger partial charge in [0.15, 0.2) is 0 Å². The van der Waals surface area contributed by atoms with Crippen LogP contribution in [0.4, 0.5) is 5.69 Å². The van der Waals surface area contributed by atoms with Crippen LogP contribution in [-0.2, 0) is 0 Å². The first kappa shape index (κ1) is 13.4. The Hall–Kier alpha value is -2.26. The lowest BCUT2D eigenvalue weighted by molar-refractivity contribution is 0.236. The summed E-state index contributed by atoms with van der Waals surface area (Å²) >= 11 is 0. The summed E-state index contributed by atoms with van der Waals surface area (Å²) in [5.74, 6) is 0.446. The van der Waals surface area contributed by atoms with Gasteiger partial charge in [-0.3, -0.25) is 0 Å². The van der Waals surface area contributed by atoms with Gasteiger partial charge in [0.2, 0.25) is 0 Å². The molecule has 1 unspecified atom stereocenters. The highest BCUT2D eigenvalue weighted by atomic mass is 16.3. The van der Waals surface area contributed by atoms with Crippen molar-refractivity contribution in [3.05, 3.63) is 71.4 Å². The normalized spacial score (nSPS) is 19.7. The highest BCUT2D eigenvalue weighted by Gasteiger charge is 2.35. The smallest absolute Gasteiger partial charge is 0.0643 e. The number of hydrogen-bond donors (Lipinski definition) is 2. The van der Waals surface area contributed by atoms with Gasteiger partial charge >= 0.3 is 0 Å². The van der Waals surface area contributed by atoms with Gasteiger partial charge in [0.25, 0.3) is 0 Å². The van der Waals surface area contributed by atoms with Gasteiger partial charge in [-0.2, -0.15) is 0 Å². The number of rotatable bonds is 3. The van der Waals surface area contributed by atoms with Crippen LogP contribution in [0.3, 0.4) is 0 Å². The van der Waals surface area contributed by atoms with Crippen molar-refractivity contribution in [1.82, 2.24) is 4.90 Å². The van der Waals surface area contributed by atoms with E-state index in [9.17, 15) is 5.11 Å². The van der Waals surface area contributed by atoms with Crippen molar-refractivity contribution in [3.63, 3.8) is 0 Å². The first-order valence-electron chi connectivity index (χ1n) is 7.90. The molecule has 0 amide bonds. The molecule has 0 radical (unpaired) electrons. The van der Waals surface area contributed by atoms with E-state index in [1.165, 1.54) is 28.2 Å². The summed E-state index contributed by atoms with van der Waals surface area (Å²) in [5.41, 5.74) is 6.36. The predicted molar refractivity (Wildman–Crippen MR) is 89.4 cm³/mol. The number of fused-ring (bicyclic) bond motifs is 3. The minimum Gasteiger partial charge on any atom is -0.395 e. The van der Waals surface area contributed by atoms with E-state index in [4.69, 9.17) is 0 Å². The third-order valence-corrected chi connectivity index (χ3v) is 4.63. The maximum atomic E-state index is 9.41. The van der Waals surface area contributed by atoms with Crippen LogP contribution < -0.4 is 5.32 Å². The highest BCUT2D eigenvalue weighted by molar-refractivity contribution is 5.79. The number of aliphatic hydroxyl groups excluding tert-OH is 1. The highest BCUT2D eigenvalue weighted by Crippen LogP contribution is 2.46. The molecule has 2 aromatic rings. The van der Waals surface area contributed by atoms with Crippen molar-refractivity contribution in [1.29, 1.82) is 0 Å². The number of aliphatic hydroxyl groups is 1. The molecule has 3 nitrogen and oxygen atoms in total. The molecular weight excluding hydrogens is 272 g/mol. The molecule has 0 saturated heterocycles. The molecule has 2 aliphatic heterocycles. The van der Waals surface area contributed by atoms with E-state index in [0.29, 0.717) is 12.5 Å². The van der Waals surface area contributed by atoms with Crippen LogP contribution >= 0.6 is 0 Å². The van der Waals surface area contributed by atoms with Gasteiger partial charge < -0.3 is 15.3 Å². The van der Waals surface area contributed by atoms with Gasteiger partial charge in [0.05, 0.1) is 12.3 Å². The van der Waals surface area contributed by atoms with Crippen molar-refractivity contribution in [2.45, 2.75) is 12.3 Å². The van der Waals surface area contributed by atoms with Gasteiger partial charge in [-0.1, -0.05) is 48.5 Å². The maximum Gasteiger partial charge on any atom is 0.0643 e. The molecule has 2 aliphatic rings. The van der Waals surface area contributed by atoms with E-state index < -0.39 is 0 Å². The third-order valence-electron chi connectivity index (χ3n) is 4.63. The molecule has 0 bridgehead atoms. The molecule has 0 saturated carbocycles. The summed E-state index contributed by atoms with van der Waals surface area (Å²) in [6.07, 6.45) is 1.09. The Labute approximate surface area is 130 Å². The zero-order chi connectivity index (χ0) is 14.9. The lowest BCUT2D eigenvalue weighted by Gasteiger charge is -2.35. The molecule has 22 heavy (non-hydrogen) atoms. The quantitative estimate of drug-likeness (QED) is 0.911. The Balaban J connectivity index is 1.85. The van der Waals surface area contributed by atoms with E-state index in [1.54, 1.807) is 0 Å². The number of β-amino-alcohol motifs (C(OH)–C–C–N with tert-alkyl or cyclic N) is 1. The fraction of sp³-hybridized carbons (Fsp3) is 0.263. The topological polar surface area (TPSA) is 35.5 Å². The van der Waals surface area contributed by atoms with Gasteiger partial charge in [0.1, 0.15) is 0 Å². The van der Waals surface area contributed by atoms with Gasteiger partial charge in [0, 0.05) is 30.4 Å². The van der Waals surface area contributed by atoms with E-state index in [2.05, 4.69) is 58.7 Å². The van der Waals surface area contributed by atoms with Crippen molar-refractivity contribution in [2.24, 2.45) is 0 Å². The van der Waals surface area contributed by atoms with Gasteiger partial charge in [-0.25, -0.2) is 0 Å². The zero-order valence-corrected chi connectivity index (χ0v) is 12.5. The first-order valence-corrected chi connectivity index (χ1v) is 7.90. The second-order valence-corrected chi connectivity index (χ2v) is 5.89. The summed E-state index contributed by atoms with van der Waals surface area (Å²) < 4.78 is 0. The molecule has 1 atom stereocenters. The van der Waals surface area contributed by atoms with Crippen molar-refractivity contribution in [2.75, 3.05) is 25.0 Å². The molecule has 3 heteroatoms. The number of para-hydroxylation sites is 1. The van der Waals surface area contributed by atoms with Crippen LogP contribution in [0.2, 0.25) is 0 Å². The molecule has 2 aromatic carbocycles. The van der Waals surface area contributed by atoms with E-state index in [1.807, 2.05) is 6.07 Å². The summed E-state index contributed by atoms with van der Waals surface area (Å²) in [6, 6.07) is 19.1. The minimum absolute atomic E-state index is 0.182. The molecule has 112 valence electrons. The summed E-state index contributed by atoms with van der Waals surface area (Å²) in [5, 5.41) is 13.0. The standard InChI is InChI=1S/C19H20N2O/c22-13-12-21-11-10-16-15-8-4-5-9-17(15)20-18(16)19(21)14-6-2-1-3-7-14/h1-9,16,20,22H,10-13H2. The molecule has 0 aromatic heterocycles. The lowest BCUT2D eigenvalue weighted by atomic mass is 9.89. The maximum absolute atomic E-state index is 9.41. The fourth-order valence-corrected chi connectivity index (χ4v) is 3.67. The first-order chi connectivity index (χ1) is 10.9. The zero-order valence-electron chi connectivity index (χ0n) is 12.5. The van der Waals surface area contributed by atoms with E-state index >= 15 is 0 Å². The SMILES string of the molecule is OCCN1CCC2C(=C1c1ccccc1)Nc1ccccc12. The second-order valence-electron chi connectivity index (χ2n) is 5.89. The number of allylic oxidation sites excluding steroid dienone is 1. The Morgan fingerprint density at radius 1 is 1.05 bits per heavy atom. The average Bonchev–Trinajstić information content (AvgIpc) is 2.94. The van der Waals surface area contributed by atoms with Crippen LogP contribution in [0, 0.1) is 0 Å². The molecule has 2 N–H and O–H groups in total. The Bertz CT molecular complexity index is 708. The monoisotopic (exact) mass is 292 g/mol. The molecular formula is C19H20N2O.